The molecule has 3 heteroatoms. The molecule has 0 amide bonds. The van der Waals surface area contributed by atoms with Crippen molar-refractivity contribution in [1.82, 2.24) is 0 Å². The third kappa shape index (κ3) is 0.710. The number of fused-ring (bicyclic) bond motifs is 3. The van der Waals surface area contributed by atoms with Crippen molar-refractivity contribution in [2.75, 3.05) is 0 Å². The molecule has 2 aliphatic rings. The van der Waals surface area contributed by atoms with E-state index in [4.69, 9.17) is 9.84 Å². The summed E-state index contributed by atoms with van der Waals surface area (Å²) in [5.74, 6) is -0.0676. The van der Waals surface area contributed by atoms with E-state index < -0.39 is 5.97 Å². The summed E-state index contributed by atoms with van der Waals surface area (Å²) in [5.41, 5.74) is 2.20. The summed E-state index contributed by atoms with van der Waals surface area (Å²) in [4.78, 5) is 10.6. The summed E-state index contributed by atoms with van der Waals surface area (Å²) < 4.78 is 5.40. The Hall–Kier alpha value is -1.77. The van der Waals surface area contributed by atoms with E-state index in [-0.39, 0.29) is 6.10 Å². The standard InChI is InChI=1S/C10H6O3/c11-10(12)8-7-5-3-1-2-4-6(5)13-9(7)8/h1-4,9H,(H,11,12). The van der Waals surface area contributed by atoms with E-state index in [1.165, 1.54) is 0 Å². The highest BCUT2D eigenvalue weighted by Crippen LogP contribution is 2.52. The highest BCUT2D eigenvalue weighted by molar-refractivity contribution is 6.13. The summed E-state index contributed by atoms with van der Waals surface area (Å²) in [6.07, 6.45) is -0.269. The zero-order chi connectivity index (χ0) is 9.00. The molecule has 0 fully saturated rings. The average Bonchev–Trinajstić information content (AvgIpc) is 2.71. The monoisotopic (exact) mass is 174 g/mol. The van der Waals surface area contributed by atoms with Crippen molar-refractivity contribution in [1.29, 1.82) is 0 Å². The van der Waals surface area contributed by atoms with Crippen molar-refractivity contribution in [3.63, 3.8) is 0 Å². The molecule has 1 aliphatic heterocycles. The Bertz CT molecular complexity index is 445. The van der Waals surface area contributed by atoms with Gasteiger partial charge in [0.15, 0.2) is 6.10 Å². The van der Waals surface area contributed by atoms with Crippen molar-refractivity contribution in [2.24, 2.45) is 0 Å². The Balaban J connectivity index is 2.15. The molecule has 1 aliphatic carbocycles. The first-order valence-electron chi connectivity index (χ1n) is 4.02. The molecule has 3 nitrogen and oxygen atoms in total. The first kappa shape index (κ1) is 6.71. The molecule has 0 saturated carbocycles. The van der Waals surface area contributed by atoms with Crippen LogP contribution in [-0.2, 0) is 4.79 Å². The van der Waals surface area contributed by atoms with Crippen molar-refractivity contribution in [3.8, 4) is 5.75 Å². The smallest absolute Gasteiger partial charge is 0.336 e. The Kier molecular flexibility index (Phi) is 0.999. The maximum absolute atomic E-state index is 10.6. The van der Waals surface area contributed by atoms with Gasteiger partial charge in [-0.05, 0) is 6.07 Å². The van der Waals surface area contributed by atoms with E-state index in [0.717, 1.165) is 16.9 Å². The van der Waals surface area contributed by atoms with E-state index >= 15 is 0 Å². The van der Waals surface area contributed by atoms with E-state index in [1.807, 2.05) is 24.3 Å². The first-order chi connectivity index (χ1) is 6.29. The summed E-state index contributed by atoms with van der Waals surface area (Å²) in [5, 5.41) is 8.75. The van der Waals surface area contributed by atoms with E-state index in [0.29, 0.717) is 5.57 Å². The lowest BCUT2D eigenvalue weighted by Crippen LogP contribution is -2.04. The van der Waals surface area contributed by atoms with Gasteiger partial charge in [0.1, 0.15) is 5.75 Å². The van der Waals surface area contributed by atoms with Crippen LogP contribution in [0.2, 0.25) is 0 Å². The van der Waals surface area contributed by atoms with Crippen molar-refractivity contribution in [3.05, 3.63) is 35.4 Å². The molecule has 1 aromatic rings. The number of para-hydroxylation sites is 1. The Labute approximate surface area is 74.3 Å². The molecule has 0 spiro atoms. The number of carboxylic acid groups (broad SMARTS) is 1. The van der Waals surface area contributed by atoms with E-state index in [9.17, 15) is 4.79 Å². The number of carboxylic acids is 1. The zero-order valence-electron chi connectivity index (χ0n) is 6.65. The summed E-state index contributed by atoms with van der Waals surface area (Å²) in [6, 6.07) is 7.51. The third-order valence-electron chi connectivity index (χ3n) is 2.38. The lowest BCUT2D eigenvalue weighted by Gasteiger charge is -2.00. The van der Waals surface area contributed by atoms with Gasteiger partial charge in [0.25, 0.3) is 0 Å². The summed E-state index contributed by atoms with van der Waals surface area (Å²) in [6.45, 7) is 0. The topological polar surface area (TPSA) is 46.5 Å². The third-order valence-corrected chi connectivity index (χ3v) is 2.38. The van der Waals surface area contributed by atoms with Crippen LogP contribution >= 0.6 is 0 Å². The van der Waals surface area contributed by atoms with Crippen LogP contribution in [0.25, 0.3) is 5.57 Å². The van der Waals surface area contributed by atoms with Crippen LogP contribution < -0.4 is 4.74 Å². The highest BCUT2D eigenvalue weighted by Gasteiger charge is 2.50. The minimum atomic E-state index is -0.866. The number of carbonyl (C=O) groups is 1. The quantitative estimate of drug-likeness (QED) is 0.698. The number of hydrogen-bond donors (Lipinski definition) is 1. The molecule has 1 unspecified atom stereocenters. The number of aliphatic carboxylic acids is 1. The second-order valence-corrected chi connectivity index (χ2v) is 3.13. The number of hydrogen-bond acceptors (Lipinski definition) is 2. The summed E-state index contributed by atoms with van der Waals surface area (Å²) in [7, 11) is 0. The molecule has 0 radical (unpaired) electrons. The van der Waals surface area contributed by atoms with Gasteiger partial charge in [0.05, 0.1) is 5.57 Å². The predicted octanol–water partition coefficient (Wildman–Crippen LogP) is 1.30. The van der Waals surface area contributed by atoms with Crippen LogP contribution in [0.4, 0.5) is 0 Å². The van der Waals surface area contributed by atoms with Gasteiger partial charge in [-0.25, -0.2) is 4.79 Å². The van der Waals surface area contributed by atoms with E-state index in [1.54, 1.807) is 0 Å². The Morgan fingerprint density at radius 3 is 2.92 bits per heavy atom. The predicted molar refractivity (Wildman–Crippen MR) is 45.4 cm³/mol. The van der Waals surface area contributed by atoms with Crippen LogP contribution in [-0.4, -0.2) is 17.2 Å². The molecular formula is C10H6O3. The average molecular weight is 174 g/mol. The fourth-order valence-electron chi connectivity index (χ4n) is 1.75. The van der Waals surface area contributed by atoms with Gasteiger partial charge < -0.3 is 9.84 Å². The molecule has 0 aromatic heterocycles. The van der Waals surface area contributed by atoms with Crippen LogP contribution in [0.1, 0.15) is 5.56 Å². The second-order valence-electron chi connectivity index (χ2n) is 3.13. The first-order valence-corrected chi connectivity index (χ1v) is 4.02. The highest BCUT2D eigenvalue weighted by atomic mass is 16.5. The maximum Gasteiger partial charge on any atom is 0.336 e. The van der Waals surface area contributed by atoms with Gasteiger partial charge in [-0.2, -0.15) is 0 Å². The van der Waals surface area contributed by atoms with E-state index in [2.05, 4.69) is 0 Å². The Morgan fingerprint density at radius 2 is 2.15 bits per heavy atom. The van der Waals surface area contributed by atoms with Crippen LogP contribution in [0.15, 0.2) is 29.8 Å². The van der Waals surface area contributed by atoms with Gasteiger partial charge in [-0.15, -0.1) is 0 Å². The molecule has 0 bridgehead atoms. The van der Waals surface area contributed by atoms with Crippen LogP contribution in [0.5, 0.6) is 5.75 Å². The minimum absolute atomic E-state index is 0.269. The molecular weight excluding hydrogens is 168 g/mol. The molecule has 0 saturated heterocycles. The summed E-state index contributed by atoms with van der Waals surface area (Å²) >= 11 is 0. The second kappa shape index (κ2) is 1.93. The van der Waals surface area contributed by atoms with Gasteiger partial charge in [-0.1, -0.05) is 18.2 Å². The molecule has 1 atom stereocenters. The van der Waals surface area contributed by atoms with Crippen molar-refractivity contribution >= 4 is 11.5 Å². The number of ether oxygens (including phenoxy) is 1. The van der Waals surface area contributed by atoms with Gasteiger partial charge >= 0.3 is 5.97 Å². The molecule has 1 N–H and O–H groups in total. The maximum atomic E-state index is 10.6. The molecule has 1 heterocycles. The lowest BCUT2D eigenvalue weighted by atomic mass is 10.2. The molecule has 13 heavy (non-hydrogen) atoms. The molecule has 3 rings (SSSR count). The van der Waals surface area contributed by atoms with Crippen LogP contribution in [0, 0.1) is 0 Å². The fraction of sp³-hybridized carbons (Fsp3) is 0.100. The minimum Gasteiger partial charge on any atom is -0.480 e. The van der Waals surface area contributed by atoms with Crippen molar-refractivity contribution in [2.45, 2.75) is 6.10 Å². The Morgan fingerprint density at radius 1 is 1.38 bits per heavy atom. The number of rotatable bonds is 1. The van der Waals surface area contributed by atoms with Crippen molar-refractivity contribution < 1.29 is 14.6 Å². The zero-order valence-corrected chi connectivity index (χ0v) is 6.65. The normalized spacial score (nSPS) is 22.0. The fourth-order valence-corrected chi connectivity index (χ4v) is 1.75. The van der Waals surface area contributed by atoms with Gasteiger partial charge in [-0.3, -0.25) is 0 Å². The number of benzene rings is 1. The van der Waals surface area contributed by atoms with Gasteiger partial charge in [0, 0.05) is 11.1 Å². The van der Waals surface area contributed by atoms with Crippen LogP contribution in [0.3, 0.4) is 0 Å². The molecule has 1 aromatic carbocycles. The molecule has 64 valence electrons. The van der Waals surface area contributed by atoms with Gasteiger partial charge in [0.2, 0.25) is 0 Å². The SMILES string of the molecule is O=C(O)C1=C2c3ccccc3OC12. The lowest BCUT2D eigenvalue weighted by molar-refractivity contribution is -0.132. The largest absolute Gasteiger partial charge is 0.480 e.